The van der Waals surface area contributed by atoms with Gasteiger partial charge in [0.15, 0.2) is 0 Å². The Hall–Kier alpha value is 0.250. The zero-order valence-corrected chi connectivity index (χ0v) is 10.6. The molecule has 0 aromatic carbocycles. The van der Waals surface area contributed by atoms with Crippen LogP contribution in [0.25, 0.3) is 0 Å². The number of rotatable bonds is 4. The third kappa shape index (κ3) is 2.87. The van der Waals surface area contributed by atoms with E-state index in [1.807, 2.05) is 0 Å². The van der Waals surface area contributed by atoms with Crippen molar-refractivity contribution in [1.29, 1.82) is 0 Å². The van der Waals surface area contributed by atoms with Gasteiger partial charge in [0.2, 0.25) is 0 Å². The van der Waals surface area contributed by atoms with Crippen molar-refractivity contribution in [3.63, 3.8) is 0 Å². The molecule has 2 unspecified atom stereocenters. The quantitative estimate of drug-likeness (QED) is 0.650. The highest BCUT2D eigenvalue weighted by atomic mass is 35.5. The van der Waals surface area contributed by atoms with Crippen LogP contribution in [0.5, 0.6) is 0 Å². The molecule has 0 aromatic heterocycles. The van der Waals surface area contributed by atoms with Gasteiger partial charge >= 0.3 is 0 Å². The fourth-order valence-electron chi connectivity index (χ4n) is 2.66. The number of nitrogens with zero attached hydrogens (tertiary/aromatic N) is 1. The van der Waals surface area contributed by atoms with Gasteiger partial charge in [-0.1, -0.05) is 26.7 Å². The van der Waals surface area contributed by atoms with Crippen LogP contribution < -0.4 is 0 Å². The van der Waals surface area contributed by atoms with Crippen LogP contribution in [-0.2, 0) is 0 Å². The smallest absolute Gasteiger partial charge is 0.0491 e. The standard InChI is InChI=1S/C12H24ClN/c1-4-10(5-2)14(3)12-9-7-6-8-11(12)13/h10-12H,4-9H2,1-3H3. The molecule has 0 bridgehead atoms. The molecule has 0 aliphatic heterocycles. The number of alkyl halides is 1. The monoisotopic (exact) mass is 217 g/mol. The molecule has 1 aliphatic carbocycles. The van der Waals surface area contributed by atoms with E-state index in [-0.39, 0.29) is 0 Å². The summed E-state index contributed by atoms with van der Waals surface area (Å²) in [5.41, 5.74) is 0. The summed E-state index contributed by atoms with van der Waals surface area (Å²) in [5, 5.41) is 0.384. The summed E-state index contributed by atoms with van der Waals surface area (Å²) in [6.07, 6.45) is 7.66. The van der Waals surface area contributed by atoms with Crippen molar-refractivity contribution >= 4 is 11.6 Å². The van der Waals surface area contributed by atoms with Gasteiger partial charge < -0.3 is 0 Å². The summed E-state index contributed by atoms with van der Waals surface area (Å²) in [5.74, 6) is 0. The summed E-state index contributed by atoms with van der Waals surface area (Å²) in [6.45, 7) is 4.55. The minimum Gasteiger partial charge on any atom is -0.299 e. The normalized spacial score (nSPS) is 28.7. The summed E-state index contributed by atoms with van der Waals surface area (Å²) in [6, 6.07) is 1.34. The molecule has 2 heteroatoms. The molecule has 0 heterocycles. The minimum absolute atomic E-state index is 0.384. The third-order valence-electron chi connectivity index (χ3n) is 3.69. The molecule has 0 amide bonds. The van der Waals surface area contributed by atoms with Crippen molar-refractivity contribution < 1.29 is 0 Å². The lowest BCUT2D eigenvalue weighted by atomic mass is 9.92. The molecular formula is C12H24ClN. The van der Waals surface area contributed by atoms with Gasteiger partial charge in [-0.15, -0.1) is 11.6 Å². The Kier molecular flexibility index (Phi) is 5.25. The molecule has 14 heavy (non-hydrogen) atoms. The SMILES string of the molecule is CCC(CC)N(C)C1CCCCC1Cl. The second-order valence-corrected chi connectivity index (χ2v) is 5.06. The highest BCUT2D eigenvalue weighted by molar-refractivity contribution is 6.21. The van der Waals surface area contributed by atoms with Crippen molar-refractivity contribution in [3.8, 4) is 0 Å². The van der Waals surface area contributed by atoms with Crippen LogP contribution in [0, 0.1) is 0 Å². The Morgan fingerprint density at radius 3 is 2.29 bits per heavy atom. The predicted octanol–water partition coefficient (Wildman–Crippen LogP) is 3.66. The predicted molar refractivity (Wildman–Crippen MR) is 64.0 cm³/mol. The maximum absolute atomic E-state index is 6.39. The molecule has 1 rings (SSSR count). The summed E-state index contributed by atoms with van der Waals surface area (Å²) in [7, 11) is 2.25. The van der Waals surface area contributed by atoms with Gasteiger partial charge in [-0.3, -0.25) is 4.90 Å². The first-order valence-corrected chi connectivity index (χ1v) is 6.50. The molecule has 0 N–H and O–H groups in total. The average Bonchev–Trinajstić information content (AvgIpc) is 2.20. The molecule has 84 valence electrons. The Labute approximate surface area is 93.8 Å². The average molecular weight is 218 g/mol. The van der Waals surface area contributed by atoms with Gasteiger partial charge in [-0.2, -0.15) is 0 Å². The van der Waals surface area contributed by atoms with Crippen molar-refractivity contribution in [2.75, 3.05) is 7.05 Å². The van der Waals surface area contributed by atoms with Crippen molar-refractivity contribution in [1.82, 2.24) is 4.90 Å². The van der Waals surface area contributed by atoms with Crippen LogP contribution in [0.3, 0.4) is 0 Å². The van der Waals surface area contributed by atoms with Gasteiger partial charge in [0, 0.05) is 17.5 Å². The molecule has 2 atom stereocenters. The molecule has 1 saturated carbocycles. The molecule has 0 spiro atoms. The lowest BCUT2D eigenvalue weighted by Crippen LogP contribution is -2.46. The van der Waals surface area contributed by atoms with E-state index >= 15 is 0 Å². The van der Waals surface area contributed by atoms with Gasteiger partial charge in [0.25, 0.3) is 0 Å². The highest BCUT2D eigenvalue weighted by Crippen LogP contribution is 2.28. The van der Waals surface area contributed by atoms with Crippen LogP contribution in [0.4, 0.5) is 0 Å². The zero-order chi connectivity index (χ0) is 10.6. The summed E-state index contributed by atoms with van der Waals surface area (Å²) < 4.78 is 0. The second kappa shape index (κ2) is 5.97. The molecule has 1 aliphatic rings. The highest BCUT2D eigenvalue weighted by Gasteiger charge is 2.29. The first-order chi connectivity index (χ1) is 6.70. The van der Waals surface area contributed by atoms with E-state index in [0.29, 0.717) is 11.4 Å². The molecule has 1 fully saturated rings. The van der Waals surface area contributed by atoms with E-state index in [0.717, 1.165) is 6.04 Å². The van der Waals surface area contributed by atoms with E-state index in [2.05, 4.69) is 25.8 Å². The summed E-state index contributed by atoms with van der Waals surface area (Å²) in [4.78, 5) is 2.52. The van der Waals surface area contributed by atoms with Crippen LogP contribution >= 0.6 is 11.6 Å². The molecule has 0 saturated heterocycles. The number of halogens is 1. The van der Waals surface area contributed by atoms with Crippen LogP contribution in [-0.4, -0.2) is 29.4 Å². The Morgan fingerprint density at radius 2 is 1.79 bits per heavy atom. The van der Waals surface area contributed by atoms with Crippen molar-refractivity contribution in [3.05, 3.63) is 0 Å². The molecule has 0 aromatic rings. The molecule has 1 nitrogen and oxygen atoms in total. The maximum Gasteiger partial charge on any atom is 0.0491 e. The Balaban J connectivity index is 2.52. The topological polar surface area (TPSA) is 3.24 Å². The summed E-state index contributed by atoms with van der Waals surface area (Å²) >= 11 is 6.39. The fraction of sp³-hybridized carbons (Fsp3) is 1.00. The number of hydrogen-bond acceptors (Lipinski definition) is 1. The van der Waals surface area contributed by atoms with E-state index in [1.165, 1.54) is 38.5 Å². The van der Waals surface area contributed by atoms with Crippen molar-refractivity contribution in [2.45, 2.75) is 69.8 Å². The van der Waals surface area contributed by atoms with Gasteiger partial charge in [-0.05, 0) is 32.7 Å². The second-order valence-electron chi connectivity index (χ2n) is 4.50. The maximum atomic E-state index is 6.39. The van der Waals surface area contributed by atoms with E-state index in [4.69, 9.17) is 11.6 Å². The first kappa shape index (κ1) is 12.3. The minimum atomic E-state index is 0.384. The van der Waals surface area contributed by atoms with Crippen LogP contribution in [0.2, 0.25) is 0 Å². The lowest BCUT2D eigenvalue weighted by molar-refractivity contribution is 0.133. The lowest BCUT2D eigenvalue weighted by Gasteiger charge is -2.39. The van der Waals surface area contributed by atoms with Crippen LogP contribution in [0.1, 0.15) is 52.4 Å². The van der Waals surface area contributed by atoms with E-state index in [1.54, 1.807) is 0 Å². The first-order valence-electron chi connectivity index (χ1n) is 6.06. The Bertz CT molecular complexity index is 156. The zero-order valence-electron chi connectivity index (χ0n) is 9.80. The number of hydrogen-bond donors (Lipinski definition) is 0. The van der Waals surface area contributed by atoms with Gasteiger partial charge in [-0.25, -0.2) is 0 Å². The van der Waals surface area contributed by atoms with E-state index < -0.39 is 0 Å². The Morgan fingerprint density at radius 1 is 1.21 bits per heavy atom. The van der Waals surface area contributed by atoms with Crippen LogP contribution in [0.15, 0.2) is 0 Å². The van der Waals surface area contributed by atoms with Crippen molar-refractivity contribution in [2.24, 2.45) is 0 Å². The van der Waals surface area contributed by atoms with Gasteiger partial charge in [0.1, 0.15) is 0 Å². The van der Waals surface area contributed by atoms with E-state index in [9.17, 15) is 0 Å². The third-order valence-corrected chi connectivity index (χ3v) is 4.20. The molecular weight excluding hydrogens is 194 g/mol. The largest absolute Gasteiger partial charge is 0.299 e. The van der Waals surface area contributed by atoms with Gasteiger partial charge in [0.05, 0.1) is 0 Å². The molecule has 0 radical (unpaired) electrons. The fourth-order valence-corrected chi connectivity index (χ4v) is 3.12.